The molecule has 0 aliphatic carbocycles. The fourth-order valence-electron chi connectivity index (χ4n) is 2.96. The van der Waals surface area contributed by atoms with Crippen LogP contribution in [0, 0.1) is 5.82 Å². The molecular formula is C21H19Cl2FN2O3S. The molecule has 0 spiro atoms. The number of nitrogens with zero attached hydrogens (tertiary/aromatic N) is 1. The van der Waals surface area contributed by atoms with Crippen LogP contribution < -0.4 is 9.62 Å². The number of nitrogens with one attached hydrogen (secondary N) is 1. The topological polar surface area (TPSA) is 66.5 Å². The van der Waals surface area contributed by atoms with E-state index >= 15 is 0 Å². The van der Waals surface area contributed by atoms with Crippen molar-refractivity contribution in [1.29, 1.82) is 0 Å². The van der Waals surface area contributed by atoms with Gasteiger partial charge in [0.2, 0.25) is 0 Å². The maximum absolute atomic E-state index is 13.4. The van der Waals surface area contributed by atoms with Gasteiger partial charge in [-0.1, -0.05) is 53.5 Å². The second-order valence-corrected chi connectivity index (χ2v) is 9.47. The number of carbonyl (C=O) groups is 1. The molecule has 3 aromatic carbocycles. The molecule has 0 atom stereocenters. The lowest BCUT2D eigenvalue weighted by Gasteiger charge is -2.25. The van der Waals surface area contributed by atoms with E-state index in [0.717, 1.165) is 10.8 Å². The van der Waals surface area contributed by atoms with Crippen molar-refractivity contribution in [2.75, 3.05) is 17.4 Å². The predicted octanol–water partition coefficient (Wildman–Crippen LogP) is 4.48. The van der Waals surface area contributed by atoms with Crippen LogP contribution in [0.2, 0.25) is 0 Å². The lowest BCUT2D eigenvalue weighted by Crippen LogP contribution is -2.35. The number of alkyl halides is 2. The average molecular weight is 469 g/mol. The van der Waals surface area contributed by atoms with Gasteiger partial charge in [-0.3, -0.25) is 9.10 Å². The molecule has 1 N–H and O–H groups in total. The van der Waals surface area contributed by atoms with Gasteiger partial charge in [0.05, 0.1) is 10.6 Å². The second kappa shape index (κ2) is 9.64. The number of benzene rings is 3. The molecule has 0 fully saturated rings. The van der Waals surface area contributed by atoms with E-state index in [1.54, 1.807) is 18.2 Å². The molecule has 9 heteroatoms. The molecule has 0 heterocycles. The fourth-order valence-corrected chi connectivity index (χ4v) is 4.66. The first-order valence-electron chi connectivity index (χ1n) is 9.12. The molecule has 0 saturated heterocycles. The van der Waals surface area contributed by atoms with Crippen LogP contribution in [0.4, 0.5) is 10.1 Å². The van der Waals surface area contributed by atoms with Gasteiger partial charge in [0.1, 0.15) is 5.82 Å². The van der Waals surface area contributed by atoms with Gasteiger partial charge >= 0.3 is 0 Å². The largest absolute Gasteiger partial charge is 0.354 e. The van der Waals surface area contributed by atoms with Crippen LogP contribution in [0.1, 0.15) is 6.42 Å². The number of carbonyl (C=O) groups excluding carboxylic acids is 1. The third kappa shape index (κ3) is 5.22. The predicted molar refractivity (Wildman–Crippen MR) is 118 cm³/mol. The molecule has 0 bridgehead atoms. The molecule has 3 aromatic rings. The third-order valence-corrected chi connectivity index (χ3v) is 6.68. The maximum atomic E-state index is 13.4. The molecule has 0 radical (unpaired) electrons. The lowest BCUT2D eigenvalue weighted by atomic mass is 10.1. The van der Waals surface area contributed by atoms with Gasteiger partial charge in [0, 0.05) is 13.1 Å². The fraction of sp³-hybridized carbons (Fsp3) is 0.190. The Morgan fingerprint density at radius 1 is 1.00 bits per heavy atom. The summed E-state index contributed by atoms with van der Waals surface area (Å²) in [6, 6.07) is 17.5. The van der Waals surface area contributed by atoms with Gasteiger partial charge in [0.15, 0.2) is 4.84 Å². The highest BCUT2D eigenvalue weighted by Gasteiger charge is 2.25. The van der Waals surface area contributed by atoms with Gasteiger partial charge in [-0.05, 0) is 53.6 Å². The minimum atomic E-state index is -3.93. The van der Waals surface area contributed by atoms with Crippen molar-refractivity contribution in [3.8, 4) is 0 Å². The Bertz CT molecular complexity index is 1140. The second-order valence-electron chi connectivity index (χ2n) is 6.51. The number of amides is 1. The summed E-state index contributed by atoms with van der Waals surface area (Å²) >= 11 is 11.0. The highest BCUT2D eigenvalue weighted by molar-refractivity contribution is 7.92. The van der Waals surface area contributed by atoms with Crippen molar-refractivity contribution in [2.45, 2.75) is 16.2 Å². The molecule has 0 aliphatic heterocycles. The summed E-state index contributed by atoms with van der Waals surface area (Å²) in [4.78, 5) is 10.4. The molecule has 5 nitrogen and oxygen atoms in total. The summed E-state index contributed by atoms with van der Waals surface area (Å²) in [5.74, 6) is -1.02. The van der Waals surface area contributed by atoms with Crippen molar-refractivity contribution in [1.82, 2.24) is 5.32 Å². The number of fused-ring (bicyclic) bond motifs is 1. The van der Waals surface area contributed by atoms with E-state index in [1.165, 1.54) is 28.6 Å². The van der Waals surface area contributed by atoms with E-state index in [9.17, 15) is 17.6 Å². The average Bonchev–Trinajstić information content (AvgIpc) is 2.73. The standard InChI is InChI=1S/C21H19Cl2FN2O3S/c22-20(23)21(27)25-12-3-13-26(18-9-7-17(24)8-10-18)30(28,29)19-11-6-15-4-1-2-5-16(15)14-19/h1-2,4-11,14,20H,3,12-13H2,(H,25,27). The monoisotopic (exact) mass is 468 g/mol. The summed E-state index contributed by atoms with van der Waals surface area (Å²) in [6.45, 7) is 0.246. The van der Waals surface area contributed by atoms with E-state index < -0.39 is 26.6 Å². The summed E-state index contributed by atoms with van der Waals surface area (Å²) in [7, 11) is -3.93. The van der Waals surface area contributed by atoms with Gasteiger partial charge in [-0.15, -0.1) is 0 Å². The molecule has 0 aliphatic rings. The zero-order valence-corrected chi connectivity index (χ0v) is 18.1. The van der Waals surface area contributed by atoms with Crippen LogP contribution in [-0.2, 0) is 14.8 Å². The highest BCUT2D eigenvalue weighted by atomic mass is 35.5. The third-order valence-electron chi connectivity index (χ3n) is 4.46. The van der Waals surface area contributed by atoms with Crippen molar-refractivity contribution < 1.29 is 17.6 Å². The Morgan fingerprint density at radius 3 is 2.33 bits per heavy atom. The summed E-state index contributed by atoms with van der Waals surface area (Å²) in [5, 5.41) is 4.24. The molecule has 0 saturated carbocycles. The summed E-state index contributed by atoms with van der Waals surface area (Å²) < 4.78 is 41.4. The van der Waals surface area contributed by atoms with Crippen molar-refractivity contribution in [3.63, 3.8) is 0 Å². The Hall–Kier alpha value is -2.35. The number of rotatable bonds is 8. The quantitative estimate of drug-likeness (QED) is 0.391. The molecule has 158 valence electrons. The summed E-state index contributed by atoms with van der Waals surface area (Å²) in [5.41, 5.74) is 0.323. The van der Waals surface area contributed by atoms with Crippen LogP contribution in [0.3, 0.4) is 0 Å². The number of anilines is 1. The normalized spacial score (nSPS) is 11.6. The maximum Gasteiger partial charge on any atom is 0.264 e. The van der Waals surface area contributed by atoms with Gasteiger partial charge in [-0.25, -0.2) is 12.8 Å². The van der Waals surface area contributed by atoms with Gasteiger partial charge < -0.3 is 5.32 Å². The first-order valence-corrected chi connectivity index (χ1v) is 11.4. The number of hydrogen-bond acceptors (Lipinski definition) is 3. The minimum absolute atomic E-state index is 0.0658. The van der Waals surface area contributed by atoms with Gasteiger partial charge in [0.25, 0.3) is 15.9 Å². The highest BCUT2D eigenvalue weighted by Crippen LogP contribution is 2.26. The zero-order valence-electron chi connectivity index (χ0n) is 15.8. The SMILES string of the molecule is O=C(NCCCN(c1ccc(F)cc1)S(=O)(=O)c1ccc2ccccc2c1)C(Cl)Cl. The van der Waals surface area contributed by atoms with Crippen LogP contribution >= 0.6 is 23.2 Å². The van der Waals surface area contributed by atoms with Crippen molar-refractivity contribution in [2.24, 2.45) is 0 Å². The van der Waals surface area contributed by atoms with Gasteiger partial charge in [-0.2, -0.15) is 0 Å². The Morgan fingerprint density at radius 2 is 1.67 bits per heavy atom. The van der Waals surface area contributed by atoms with Crippen LogP contribution in [-0.4, -0.2) is 32.3 Å². The minimum Gasteiger partial charge on any atom is -0.354 e. The molecule has 0 unspecified atom stereocenters. The van der Waals surface area contributed by atoms with E-state index in [1.807, 2.05) is 24.3 Å². The van der Waals surface area contributed by atoms with Crippen LogP contribution in [0.5, 0.6) is 0 Å². The van der Waals surface area contributed by atoms with Crippen molar-refractivity contribution in [3.05, 3.63) is 72.5 Å². The van der Waals surface area contributed by atoms with E-state index in [4.69, 9.17) is 23.2 Å². The first kappa shape index (κ1) is 22.3. The molecular weight excluding hydrogens is 450 g/mol. The molecule has 0 aromatic heterocycles. The zero-order chi connectivity index (χ0) is 21.7. The lowest BCUT2D eigenvalue weighted by molar-refractivity contribution is -0.119. The summed E-state index contributed by atoms with van der Waals surface area (Å²) in [6.07, 6.45) is 0.302. The Labute approximate surface area is 184 Å². The van der Waals surface area contributed by atoms with E-state index in [0.29, 0.717) is 12.1 Å². The van der Waals surface area contributed by atoms with E-state index in [2.05, 4.69) is 5.32 Å². The molecule has 1 amide bonds. The number of sulfonamides is 1. The van der Waals surface area contributed by atoms with E-state index in [-0.39, 0.29) is 18.0 Å². The van der Waals surface area contributed by atoms with Crippen LogP contribution in [0.15, 0.2) is 71.6 Å². The van der Waals surface area contributed by atoms with Crippen molar-refractivity contribution >= 4 is 55.6 Å². The number of hydrogen-bond donors (Lipinski definition) is 1. The number of halogens is 3. The Kier molecular flexibility index (Phi) is 7.18. The molecule has 3 rings (SSSR count). The van der Waals surface area contributed by atoms with Crippen LogP contribution in [0.25, 0.3) is 10.8 Å². The smallest absolute Gasteiger partial charge is 0.264 e. The first-order chi connectivity index (χ1) is 14.3. The molecule has 30 heavy (non-hydrogen) atoms. The Balaban J connectivity index is 1.89.